The van der Waals surface area contributed by atoms with Crippen LogP contribution in [0.1, 0.15) is 61.5 Å². The molecule has 4 nitrogen and oxygen atoms in total. The molecule has 170 valence electrons. The van der Waals surface area contributed by atoms with Crippen LogP contribution in [0.4, 0.5) is 14.5 Å². The molecular weight excluding hydrogens is 410 g/mol. The molecule has 3 aromatic rings. The number of nitrogens with zero attached hydrogens (tertiary/aromatic N) is 1. The molecule has 2 N–H and O–H groups in total. The number of aryl methyl sites for hydroxylation is 1. The summed E-state index contributed by atoms with van der Waals surface area (Å²) in [4.78, 5) is 11.7. The zero-order chi connectivity index (χ0) is 22.9. The van der Waals surface area contributed by atoms with Crippen LogP contribution in [0.15, 0.2) is 54.7 Å². The molecule has 0 bridgehead atoms. The number of hydrogen-bond donors (Lipinski definition) is 2. The molecule has 0 aliphatic rings. The molecule has 0 spiro atoms. The van der Waals surface area contributed by atoms with Gasteiger partial charge in [0.1, 0.15) is 17.3 Å². The smallest absolute Gasteiger partial charge is 0.352 e. The molecule has 2 aromatic carbocycles. The van der Waals surface area contributed by atoms with E-state index in [-0.39, 0.29) is 0 Å². The summed E-state index contributed by atoms with van der Waals surface area (Å²) in [5.41, 5.74) is 3.39. The Bertz CT molecular complexity index is 1010. The zero-order valence-corrected chi connectivity index (χ0v) is 18.4. The summed E-state index contributed by atoms with van der Waals surface area (Å²) in [6.07, 6.45) is 8.83. The number of rotatable bonds is 12. The Morgan fingerprint density at radius 2 is 1.56 bits per heavy atom. The van der Waals surface area contributed by atoms with Crippen LogP contribution in [0.2, 0.25) is 0 Å². The highest BCUT2D eigenvalue weighted by molar-refractivity contribution is 5.88. The molecule has 0 atom stereocenters. The molecule has 0 radical (unpaired) electrons. The van der Waals surface area contributed by atoms with Crippen molar-refractivity contribution in [2.75, 3.05) is 5.32 Å². The summed E-state index contributed by atoms with van der Waals surface area (Å²) < 4.78 is 28.5. The lowest BCUT2D eigenvalue weighted by Crippen LogP contribution is -2.07. The molecule has 6 heteroatoms. The predicted octanol–water partition coefficient (Wildman–Crippen LogP) is 7.10. The summed E-state index contributed by atoms with van der Waals surface area (Å²) >= 11 is 0. The molecule has 1 aromatic heterocycles. The fourth-order valence-electron chi connectivity index (χ4n) is 3.79. The Balaban J connectivity index is 1.62. The third-order valence-electron chi connectivity index (χ3n) is 5.51. The van der Waals surface area contributed by atoms with E-state index in [1.165, 1.54) is 37.8 Å². The normalized spacial score (nSPS) is 11.0. The second-order valence-corrected chi connectivity index (χ2v) is 8.09. The first-order valence-corrected chi connectivity index (χ1v) is 11.2. The van der Waals surface area contributed by atoms with Gasteiger partial charge in [0.2, 0.25) is 0 Å². The maximum absolute atomic E-state index is 13.3. The molecule has 3 rings (SSSR count). The van der Waals surface area contributed by atoms with Gasteiger partial charge in [-0.1, -0.05) is 51.2 Å². The van der Waals surface area contributed by atoms with Crippen LogP contribution in [-0.2, 0) is 13.1 Å². The number of anilines is 1. The number of hydrogen-bond acceptors (Lipinski definition) is 2. The molecule has 32 heavy (non-hydrogen) atoms. The van der Waals surface area contributed by atoms with Gasteiger partial charge in [0.15, 0.2) is 0 Å². The first kappa shape index (κ1) is 23.5. The van der Waals surface area contributed by atoms with Gasteiger partial charge in [-0.05, 0) is 47.9 Å². The van der Waals surface area contributed by atoms with E-state index >= 15 is 0 Å². The minimum absolute atomic E-state index is 0.295. The molecule has 1 heterocycles. The number of benzene rings is 2. The fourth-order valence-corrected chi connectivity index (χ4v) is 3.79. The van der Waals surface area contributed by atoms with E-state index in [0.717, 1.165) is 35.7 Å². The number of carboxylic acids is 1. The minimum atomic E-state index is -0.928. The standard InChI is InChI=1S/C26H30F2N2O2/c1-2-3-4-5-6-7-12-30-18-21(15-25(30)26(31)32)20-8-10-24(11-9-20)29-17-19-13-22(27)16-23(28)14-19/h8-11,13-16,18,29H,2-7,12,17H2,1H3,(H,31,32). The molecule has 0 fully saturated rings. The summed E-state index contributed by atoms with van der Waals surface area (Å²) in [7, 11) is 0. The van der Waals surface area contributed by atoms with Crippen molar-refractivity contribution in [1.82, 2.24) is 4.57 Å². The third-order valence-corrected chi connectivity index (χ3v) is 5.51. The monoisotopic (exact) mass is 440 g/mol. The van der Waals surface area contributed by atoms with Gasteiger partial charge in [-0.2, -0.15) is 0 Å². The number of halogens is 2. The number of unbranched alkanes of at least 4 members (excludes halogenated alkanes) is 5. The van der Waals surface area contributed by atoms with Crippen LogP contribution in [0.3, 0.4) is 0 Å². The molecule has 0 amide bonds. The largest absolute Gasteiger partial charge is 0.477 e. The maximum Gasteiger partial charge on any atom is 0.352 e. The Kier molecular flexibility index (Phi) is 8.42. The van der Waals surface area contributed by atoms with E-state index in [4.69, 9.17) is 0 Å². The minimum Gasteiger partial charge on any atom is -0.477 e. The highest BCUT2D eigenvalue weighted by Gasteiger charge is 2.13. The summed E-state index contributed by atoms with van der Waals surface area (Å²) in [5.74, 6) is -2.13. The lowest BCUT2D eigenvalue weighted by molar-refractivity contribution is 0.0685. The van der Waals surface area contributed by atoms with Gasteiger partial charge < -0.3 is 15.0 Å². The number of aromatic nitrogens is 1. The van der Waals surface area contributed by atoms with Crippen LogP contribution in [-0.4, -0.2) is 15.6 Å². The van der Waals surface area contributed by atoms with E-state index in [1.54, 1.807) is 6.07 Å². The molecule has 0 aliphatic heterocycles. The Morgan fingerprint density at radius 1 is 0.906 bits per heavy atom. The van der Waals surface area contributed by atoms with Gasteiger partial charge in [0, 0.05) is 36.6 Å². The van der Waals surface area contributed by atoms with Gasteiger partial charge in [-0.3, -0.25) is 0 Å². The highest BCUT2D eigenvalue weighted by atomic mass is 19.1. The number of aromatic carboxylic acids is 1. The summed E-state index contributed by atoms with van der Waals surface area (Å²) in [6, 6.07) is 12.7. The summed E-state index contributed by atoms with van der Waals surface area (Å²) in [6.45, 7) is 3.18. The van der Waals surface area contributed by atoms with Gasteiger partial charge in [0.25, 0.3) is 0 Å². The Labute approximate surface area is 187 Å². The second-order valence-electron chi connectivity index (χ2n) is 8.09. The number of nitrogens with one attached hydrogen (secondary N) is 1. The lowest BCUT2D eigenvalue weighted by atomic mass is 10.1. The maximum atomic E-state index is 13.3. The lowest BCUT2D eigenvalue weighted by Gasteiger charge is -2.08. The van der Waals surface area contributed by atoms with Crippen molar-refractivity contribution >= 4 is 11.7 Å². The highest BCUT2D eigenvalue weighted by Crippen LogP contribution is 2.25. The third kappa shape index (κ3) is 6.67. The average Bonchev–Trinajstić information content (AvgIpc) is 3.19. The topological polar surface area (TPSA) is 54.3 Å². The van der Waals surface area contributed by atoms with E-state index in [2.05, 4.69) is 12.2 Å². The van der Waals surface area contributed by atoms with Crippen molar-refractivity contribution in [2.24, 2.45) is 0 Å². The molecule has 0 saturated heterocycles. The molecule has 0 unspecified atom stereocenters. The number of carbonyl (C=O) groups is 1. The van der Waals surface area contributed by atoms with E-state index < -0.39 is 17.6 Å². The van der Waals surface area contributed by atoms with Crippen molar-refractivity contribution in [3.63, 3.8) is 0 Å². The quantitative estimate of drug-likeness (QED) is 0.295. The van der Waals surface area contributed by atoms with Gasteiger partial charge in [0.05, 0.1) is 0 Å². The second kappa shape index (κ2) is 11.5. The number of carboxylic acid groups (broad SMARTS) is 1. The van der Waals surface area contributed by atoms with Crippen LogP contribution in [0.25, 0.3) is 11.1 Å². The Hall–Kier alpha value is -3.15. The van der Waals surface area contributed by atoms with Gasteiger partial charge >= 0.3 is 5.97 Å². The van der Waals surface area contributed by atoms with Gasteiger partial charge in [-0.15, -0.1) is 0 Å². The first-order chi connectivity index (χ1) is 15.5. The van der Waals surface area contributed by atoms with Crippen molar-refractivity contribution in [3.05, 3.63) is 77.6 Å². The zero-order valence-electron chi connectivity index (χ0n) is 18.4. The van der Waals surface area contributed by atoms with Crippen LogP contribution < -0.4 is 5.32 Å². The van der Waals surface area contributed by atoms with E-state index in [9.17, 15) is 18.7 Å². The summed E-state index contributed by atoms with van der Waals surface area (Å²) in [5, 5.41) is 12.7. The van der Waals surface area contributed by atoms with Crippen molar-refractivity contribution < 1.29 is 18.7 Å². The van der Waals surface area contributed by atoms with Crippen LogP contribution in [0.5, 0.6) is 0 Å². The predicted molar refractivity (Wildman–Crippen MR) is 124 cm³/mol. The average molecular weight is 441 g/mol. The molecular formula is C26H30F2N2O2. The first-order valence-electron chi connectivity index (χ1n) is 11.2. The fraction of sp³-hybridized carbons (Fsp3) is 0.346. The van der Waals surface area contributed by atoms with Crippen LogP contribution in [0, 0.1) is 11.6 Å². The molecule has 0 saturated carbocycles. The van der Waals surface area contributed by atoms with Crippen molar-refractivity contribution in [3.8, 4) is 11.1 Å². The van der Waals surface area contributed by atoms with Crippen molar-refractivity contribution in [1.29, 1.82) is 0 Å². The molecule has 0 aliphatic carbocycles. The SMILES string of the molecule is CCCCCCCCn1cc(-c2ccc(NCc3cc(F)cc(F)c3)cc2)cc1C(=O)O. The van der Waals surface area contributed by atoms with Crippen molar-refractivity contribution in [2.45, 2.75) is 58.5 Å². The Morgan fingerprint density at radius 3 is 2.22 bits per heavy atom. The van der Waals surface area contributed by atoms with E-state index in [1.807, 2.05) is 35.0 Å². The van der Waals surface area contributed by atoms with E-state index in [0.29, 0.717) is 24.3 Å². The van der Waals surface area contributed by atoms with Crippen LogP contribution >= 0.6 is 0 Å². The van der Waals surface area contributed by atoms with Gasteiger partial charge in [-0.25, -0.2) is 13.6 Å².